The maximum atomic E-state index is 13.5. The number of hydrogen-bond acceptors (Lipinski definition) is 2. The first kappa shape index (κ1) is 27.7. The van der Waals surface area contributed by atoms with Crippen molar-refractivity contribution in [2.45, 2.75) is 80.2 Å². The molecule has 0 heterocycles. The number of amides is 1. The third-order valence-corrected chi connectivity index (χ3v) is 6.42. The largest absolute Gasteiger partial charge is 0.478 e. The number of rotatable bonds is 10. The molecule has 0 aliphatic carbocycles. The molecule has 4 nitrogen and oxygen atoms in total. The van der Waals surface area contributed by atoms with Crippen molar-refractivity contribution >= 4 is 11.9 Å². The summed E-state index contributed by atoms with van der Waals surface area (Å²) < 4.78 is 0. The Labute approximate surface area is 195 Å². The number of carbonyl (C=O) groups is 2. The molecule has 4 heteroatoms. The van der Waals surface area contributed by atoms with Gasteiger partial charge in [-0.05, 0) is 36.2 Å². The molecule has 3 atom stereocenters. The minimum absolute atomic E-state index is 0.0180. The first-order valence-electron chi connectivity index (χ1n) is 11.7. The zero-order valence-corrected chi connectivity index (χ0v) is 21.4. The molecular formula is C28H43NO3. The predicted octanol–water partition coefficient (Wildman–Crippen LogP) is 6.38. The fourth-order valence-corrected chi connectivity index (χ4v) is 3.97. The van der Waals surface area contributed by atoms with E-state index >= 15 is 0 Å². The molecule has 0 saturated carbocycles. The van der Waals surface area contributed by atoms with Gasteiger partial charge in [0.05, 0.1) is 6.04 Å². The second-order valence-corrected chi connectivity index (χ2v) is 10.8. The van der Waals surface area contributed by atoms with E-state index in [1.807, 2.05) is 30.4 Å². The van der Waals surface area contributed by atoms with Crippen molar-refractivity contribution < 1.29 is 14.7 Å². The van der Waals surface area contributed by atoms with E-state index in [4.69, 9.17) is 0 Å². The summed E-state index contributed by atoms with van der Waals surface area (Å²) in [5.74, 6) is -0.797. The molecule has 0 radical (unpaired) electrons. The zero-order chi connectivity index (χ0) is 24.7. The van der Waals surface area contributed by atoms with E-state index < -0.39 is 5.97 Å². The van der Waals surface area contributed by atoms with Crippen LogP contribution in [-0.2, 0) is 15.0 Å². The number of carboxylic acids is 1. The van der Waals surface area contributed by atoms with Gasteiger partial charge in [0.15, 0.2) is 0 Å². The summed E-state index contributed by atoms with van der Waals surface area (Å²) in [4.78, 5) is 24.7. The molecule has 0 unspecified atom stereocenters. The van der Waals surface area contributed by atoms with Gasteiger partial charge >= 0.3 is 5.97 Å². The van der Waals surface area contributed by atoms with Crippen LogP contribution in [0.25, 0.3) is 0 Å². The van der Waals surface area contributed by atoms with Crippen LogP contribution in [0.1, 0.15) is 74.3 Å². The van der Waals surface area contributed by atoms with E-state index in [-0.39, 0.29) is 40.5 Å². The van der Waals surface area contributed by atoms with Crippen LogP contribution in [-0.4, -0.2) is 23.0 Å². The fourth-order valence-electron chi connectivity index (χ4n) is 3.97. The van der Waals surface area contributed by atoms with Gasteiger partial charge in [0, 0.05) is 16.9 Å². The fraction of sp³-hybridized carbons (Fsp3) is 0.571. The molecule has 0 aliphatic heterocycles. The van der Waals surface area contributed by atoms with Crippen LogP contribution in [0.15, 0.2) is 54.1 Å². The summed E-state index contributed by atoms with van der Waals surface area (Å²) in [6.07, 6.45) is 6.61. The Balaban J connectivity index is 3.18. The molecule has 0 spiro atoms. The second kappa shape index (κ2) is 11.5. The lowest BCUT2D eigenvalue weighted by Crippen LogP contribution is -2.48. The minimum atomic E-state index is -0.904. The van der Waals surface area contributed by atoms with Gasteiger partial charge in [-0.1, -0.05) is 104 Å². The lowest BCUT2D eigenvalue weighted by atomic mass is 9.71. The number of benzene rings is 1. The molecule has 1 aromatic rings. The van der Waals surface area contributed by atoms with Gasteiger partial charge in [0.2, 0.25) is 5.91 Å². The highest BCUT2D eigenvalue weighted by Gasteiger charge is 2.37. The van der Waals surface area contributed by atoms with Crippen LogP contribution in [0.4, 0.5) is 0 Å². The van der Waals surface area contributed by atoms with Gasteiger partial charge in [-0.25, -0.2) is 4.79 Å². The van der Waals surface area contributed by atoms with Crippen LogP contribution in [0.3, 0.4) is 0 Å². The predicted molar refractivity (Wildman–Crippen MR) is 133 cm³/mol. The monoisotopic (exact) mass is 441 g/mol. The van der Waals surface area contributed by atoms with Crippen molar-refractivity contribution in [3.05, 3.63) is 59.7 Å². The SMILES string of the molecule is CC[C@H](C(=O)N[C@H](/C=C/[C@@H](/C=C(\C)C(=O)O)C(C)C)C(C)(C)C)C(C)(C)c1ccccc1. The molecule has 1 rings (SSSR count). The average Bonchev–Trinajstić information content (AvgIpc) is 2.69. The second-order valence-electron chi connectivity index (χ2n) is 10.8. The molecule has 32 heavy (non-hydrogen) atoms. The van der Waals surface area contributed by atoms with Crippen molar-refractivity contribution in [3.8, 4) is 0 Å². The quantitative estimate of drug-likeness (QED) is 0.327. The molecule has 0 aliphatic rings. The number of nitrogens with one attached hydrogen (secondary N) is 1. The van der Waals surface area contributed by atoms with E-state index in [0.29, 0.717) is 5.57 Å². The highest BCUT2D eigenvalue weighted by molar-refractivity contribution is 5.85. The van der Waals surface area contributed by atoms with E-state index in [0.717, 1.165) is 12.0 Å². The van der Waals surface area contributed by atoms with Crippen LogP contribution in [0.2, 0.25) is 0 Å². The Morgan fingerprint density at radius 1 is 1.03 bits per heavy atom. The first-order chi connectivity index (χ1) is 14.7. The Kier molecular flexibility index (Phi) is 9.94. The topological polar surface area (TPSA) is 66.4 Å². The lowest BCUT2D eigenvalue weighted by Gasteiger charge is -2.36. The molecule has 2 N–H and O–H groups in total. The summed E-state index contributed by atoms with van der Waals surface area (Å²) in [7, 11) is 0. The normalized spacial score (nSPS) is 16.1. The first-order valence-corrected chi connectivity index (χ1v) is 11.7. The van der Waals surface area contributed by atoms with E-state index in [2.05, 4.69) is 72.8 Å². The van der Waals surface area contributed by atoms with Crippen LogP contribution in [0, 0.1) is 23.2 Å². The lowest BCUT2D eigenvalue weighted by molar-refractivity contribution is -0.132. The number of carbonyl (C=O) groups excluding carboxylic acids is 1. The van der Waals surface area contributed by atoms with Crippen LogP contribution < -0.4 is 5.32 Å². The highest BCUT2D eigenvalue weighted by atomic mass is 16.4. The van der Waals surface area contributed by atoms with Crippen LogP contribution >= 0.6 is 0 Å². The van der Waals surface area contributed by atoms with Crippen molar-refractivity contribution in [3.63, 3.8) is 0 Å². The number of carboxylic acid groups (broad SMARTS) is 1. The zero-order valence-electron chi connectivity index (χ0n) is 21.4. The van der Waals surface area contributed by atoms with Gasteiger partial charge in [0.25, 0.3) is 0 Å². The Bertz CT molecular complexity index is 813. The molecule has 178 valence electrons. The summed E-state index contributed by atoms with van der Waals surface area (Å²) in [6.45, 7) is 18.4. The van der Waals surface area contributed by atoms with Crippen molar-refractivity contribution in [2.75, 3.05) is 0 Å². The standard InChI is InChI=1S/C28H43NO3/c1-10-23(28(8,9)22-14-12-11-13-15-22)25(30)29-24(27(5,6)7)17-16-21(19(2)3)18-20(4)26(31)32/h11-19,21,23-24H,10H2,1-9H3,(H,29,30)(H,31,32)/b17-16+,20-18+/t21-,23+,24+/m0/s1. The van der Waals surface area contributed by atoms with Gasteiger partial charge in [-0.15, -0.1) is 0 Å². The highest BCUT2D eigenvalue weighted by Crippen LogP contribution is 2.34. The number of hydrogen-bond donors (Lipinski definition) is 2. The summed E-state index contributed by atoms with van der Waals surface area (Å²) in [6, 6.07) is 10.0. The van der Waals surface area contributed by atoms with E-state index in [1.165, 1.54) is 0 Å². The van der Waals surface area contributed by atoms with Gasteiger partial charge in [0.1, 0.15) is 0 Å². The maximum absolute atomic E-state index is 13.5. The number of aliphatic carboxylic acids is 1. The summed E-state index contributed by atoms with van der Waals surface area (Å²) >= 11 is 0. The molecule has 1 amide bonds. The Morgan fingerprint density at radius 2 is 1.59 bits per heavy atom. The summed E-state index contributed by atoms with van der Waals surface area (Å²) in [5.41, 5.74) is 1.00. The van der Waals surface area contributed by atoms with Gasteiger partial charge in [-0.3, -0.25) is 4.79 Å². The third-order valence-electron chi connectivity index (χ3n) is 6.42. The van der Waals surface area contributed by atoms with Gasteiger partial charge in [-0.2, -0.15) is 0 Å². The maximum Gasteiger partial charge on any atom is 0.330 e. The van der Waals surface area contributed by atoms with E-state index in [9.17, 15) is 14.7 Å². The van der Waals surface area contributed by atoms with Crippen molar-refractivity contribution in [2.24, 2.45) is 23.2 Å². The molecule has 0 fully saturated rings. The average molecular weight is 442 g/mol. The Hall–Kier alpha value is -2.36. The molecule has 0 saturated heterocycles. The molecule has 0 aromatic heterocycles. The molecule has 0 bridgehead atoms. The van der Waals surface area contributed by atoms with E-state index in [1.54, 1.807) is 13.0 Å². The smallest absolute Gasteiger partial charge is 0.330 e. The van der Waals surface area contributed by atoms with Crippen molar-refractivity contribution in [1.82, 2.24) is 5.32 Å². The van der Waals surface area contributed by atoms with Crippen molar-refractivity contribution in [1.29, 1.82) is 0 Å². The minimum Gasteiger partial charge on any atom is -0.478 e. The third kappa shape index (κ3) is 7.65. The molecular weight excluding hydrogens is 398 g/mol. The number of allylic oxidation sites excluding steroid dienone is 2. The molecule has 1 aromatic carbocycles. The summed E-state index contributed by atoms with van der Waals surface area (Å²) in [5, 5.41) is 12.5. The Morgan fingerprint density at radius 3 is 2.03 bits per heavy atom. The van der Waals surface area contributed by atoms with Crippen LogP contribution in [0.5, 0.6) is 0 Å². The van der Waals surface area contributed by atoms with Gasteiger partial charge < -0.3 is 10.4 Å².